The minimum absolute atomic E-state index is 0.124. The molecule has 1 unspecified atom stereocenters. The summed E-state index contributed by atoms with van der Waals surface area (Å²) in [6.45, 7) is 1.78. The molecule has 0 aliphatic carbocycles. The van der Waals surface area contributed by atoms with Gasteiger partial charge in [0.05, 0.1) is 12.3 Å². The van der Waals surface area contributed by atoms with Crippen molar-refractivity contribution in [3.8, 4) is 5.75 Å². The lowest BCUT2D eigenvalue weighted by Crippen LogP contribution is -2.35. The first-order valence-electron chi connectivity index (χ1n) is 7.15. The third-order valence-corrected chi connectivity index (χ3v) is 3.42. The van der Waals surface area contributed by atoms with Crippen LogP contribution in [0.5, 0.6) is 5.75 Å². The zero-order valence-electron chi connectivity index (χ0n) is 12.5. The lowest BCUT2D eigenvalue weighted by molar-refractivity contribution is -0.122. The van der Waals surface area contributed by atoms with E-state index in [1.54, 1.807) is 19.1 Å². The molecule has 1 aliphatic rings. The number of aryl methyl sites for hydroxylation is 1. The van der Waals surface area contributed by atoms with E-state index in [4.69, 9.17) is 9.15 Å². The number of ether oxygens (including phenoxy) is 1. The maximum absolute atomic E-state index is 11.3. The van der Waals surface area contributed by atoms with Gasteiger partial charge in [0.2, 0.25) is 11.8 Å². The molecule has 0 radical (unpaired) electrons. The molecule has 8 heteroatoms. The van der Waals surface area contributed by atoms with Crippen LogP contribution in [0, 0.1) is 12.8 Å². The molecule has 0 bridgehead atoms. The first-order chi connectivity index (χ1) is 11.2. The van der Waals surface area contributed by atoms with Gasteiger partial charge in [0, 0.05) is 19.3 Å². The number of aromatic nitrogens is 2. The van der Waals surface area contributed by atoms with Crippen molar-refractivity contribution in [2.75, 3.05) is 6.61 Å². The average Bonchev–Trinajstić information content (AvgIpc) is 2.99. The second kappa shape index (κ2) is 6.57. The first kappa shape index (κ1) is 15.2. The molecule has 120 valence electrons. The van der Waals surface area contributed by atoms with Crippen molar-refractivity contribution in [3.05, 3.63) is 41.6 Å². The lowest BCUT2D eigenvalue weighted by atomic mass is 9.93. The van der Waals surface area contributed by atoms with Gasteiger partial charge in [-0.05, 0) is 29.8 Å². The van der Waals surface area contributed by atoms with E-state index in [2.05, 4.69) is 20.7 Å². The predicted molar refractivity (Wildman–Crippen MR) is 79.7 cm³/mol. The Morgan fingerprint density at radius 2 is 2.13 bits per heavy atom. The Hall–Kier alpha value is -2.74. The van der Waals surface area contributed by atoms with Crippen LogP contribution in [0.15, 0.2) is 33.8 Å². The molecular weight excluding hydrogens is 300 g/mol. The van der Waals surface area contributed by atoms with Gasteiger partial charge < -0.3 is 14.3 Å². The highest BCUT2D eigenvalue weighted by atomic mass is 16.5. The van der Waals surface area contributed by atoms with Gasteiger partial charge in [-0.1, -0.05) is 0 Å². The van der Waals surface area contributed by atoms with Crippen LogP contribution in [0.2, 0.25) is 0 Å². The zero-order chi connectivity index (χ0) is 16.2. The zero-order valence-corrected chi connectivity index (χ0v) is 12.5. The Labute approximate surface area is 132 Å². The standard InChI is InChI=1S/C15H16N4O4/c1-9-16-18-14(23-9)8-22-12-4-2-10(3-5-12)15-11(7-20)6-13(21)17-19-15/h2-5,11,20H,6-8H2,1H3,(H,17,21). The summed E-state index contributed by atoms with van der Waals surface area (Å²) in [4.78, 5) is 11.3. The molecule has 1 aromatic heterocycles. The second-order valence-electron chi connectivity index (χ2n) is 5.14. The highest BCUT2D eigenvalue weighted by molar-refractivity contribution is 6.06. The van der Waals surface area contributed by atoms with Crippen molar-refractivity contribution in [2.24, 2.45) is 11.0 Å². The maximum Gasteiger partial charge on any atom is 0.253 e. The fraction of sp³-hybridized carbons (Fsp3) is 0.333. The van der Waals surface area contributed by atoms with Gasteiger partial charge in [0.15, 0.2) is 6.61 Å². The molecule has 8 nitrogen and oxygen atoms in total. The number of nitrogens with zero attached hydrogens (tertiary/aromatic N) is 3. The Morgan fingerprint density at radius 1 is 1.35 bits per heavy atom. The minimum atomic E-state index is -0.295. The highest BCUT2D eigenvalue weighted by Gasteiger charge is 2.24. The monoisotopic (exact) mass is 316 g/mol. The molecule has 2 aromatic rings. The second-order valence-corrected chi connectivity index (χ2v) is 5.14. The van der Waals surface area contributed by atoms with E-state index in [-0.39, 0.29) is 31.5 Å². The van der Waals surface area contributed by atoms with Crippen molar-refractivity contribution in [2.45, 2.75) is 20.0 Å². The number of carbonyl (C=O) groups excluding carboxylic acids is 1. The van der Waals surface area contributed by atoms with Crippen LogP contribution in [0.3, 0.4) is 0 Å². The van der Waals surface area contributed by atoms with E-state index in [1.165, 1.54) is 0 Å². The van der Waals surface area contributed by atoms with Crippen LogP contribution in [0.25, 0.3) is 0 Å². The third-order valence-electron chi connectivity index (χ3n) is 3.42. The van der Waals surface area contributed by atoms with Gasteiger partial charge in [0.1, 0.15) is 5.75 Å². The Kier molecular flexibility index (Phi) is 4.33. The van der Waals surface area contributed by atoms with Crippen molar-refractivity contribution in [1.82, 2.24) is 15.6 Å². The topological polar surface area (TPSA) is 110 Å². The van der Waals surface area contributed by atoms with E-state index in [0.717, 1.165) is 5.56 Å². The first-order valence-corrected chi connectivity index (χ1v) is 7.15. The van der Waals surface area contributed by atoms with E-state index < -0.39 is 0 Å². The van der Waals surface area contributed by atoms with Gasteiger partial charge in [-0.2, -0.15) is 5.10 Å². The number of amides is 1. The molecule has 1 aromatic carbocycles. The van der Waals surface area contributed by atoms with Crippen molar-refractivity contribution < 1.29 is 19.1 Å². The maximum atomic E-state index is 11.3. The Bertz CT molecular complexity index is 723. The van der Waals surface area contributed by atoms with Crippen molar-refractivity contribution >= 4 is 11.6 Å². The highest BCUT2D eigenvalue weighted by Crippen LogP contribution is 2.20. The Morgan fingerprint density at radius 3 is 2.78 bits per heavy atom. The predicted octanol–water partition coefficient (Wildman–Crippen LogP) is 0.790. The van der Waals surface area contributed by atoms with Gasteiger partial charge in [0.25, 0.3) is 5.89 Å². The van der Waals surface area contributed by atoms with Gasteiger partial charge in [-0.15, -0.1) is 10.2 Å². The van der Waals surface area contributed by atoms with Crippen LogP contribution in [0.1, 0.15) is 23.8 Å². The van der Waals surface area contributed by atoms with Crippen molar-refractivity contribution in [3.63, 3.8) is 0 Å². The molecule has 0 spiro atoms. The summed E-state index contributed by atoms with van der Waals surface area (Å²) in [5.41, 5.74) is 3.92. The molecule has 3 rings (SSSR count). The van der Waals surface area contributed by atoms with Crippen LogP contribution in [-0.4, -0.2) is 33.5 Å². The van der Waals surface area contributed by atoms with Crippen LogP contribution in [-0.2, 0) is 11.4 Å². The lowest BCUT2D eigenvalue weighted by Gasteiger charge is -2.21. The molecule has 0 saturated heterocycles. The van der Waals surface area contributed by atoms with Crippen LogP contribution >= 0.6 is 0 Å². The summed E-state index contributed by atoms with van der Waals surface area (Å²) < 4.78 is 10.8. The summed E-state index contributed by atoms with van der Waals surface area (Å²) in [6, 6.07) is 7.22. The molecular formula is C15H16N4O4. The largest absolute Gasteiger partial charge is 0.484 e. The third kappa shape index (κ3) is 3.54. The van der Waals surface area contributed by atoms with E-state index >= 15 is 0 Å². The molecule has 1 aliphatic heterocycles. The number of aliphatic hydroxyl groups excluding tert-OH is 1. The summed E-state index contributed by atoms with van der Waals surface area (Å²) in [7, 11) is 0. The van der Waals surface area contributed by atoms with E-state index in [1.807, 2.05) is 12.1 Å². The van der Waals surface area contributed by atoms with Gasteiger partial charge >= 0.3 is 0 Å². The normalized spacial score (nSPS) is 17.6. The molecule has 2 N–H and O–H groups in total. The van der Waals surface area contributed by atoms with Gasteiger partial charge in [-0.25, -0.2) is 5.43 Å². The van der Waals surface area contributed by atoms with Gasteiger partial charge in [-0.3, -0.25) is 4.79 Å². The number of rotatable bonds is 5. The number of carbonyl (C=O) groups is 1. The number of aliphatic hydroxyl groups is 1. The number of nitrogens with one attached hydrogen (secondary N) is 1. The van der Waals surface area contributed by atoms with Crippen LogP contribution in [0.4, 0.5) is 0 Å². The van der Waals surface area contributed by atoms with Crippen molar-refractivity contribution in [1.29, 1.82) is 0 Å². The summed E-state index contributed by atoms with van der Waals surface area (Å²) in [5.74, 6) is 1.06. The molecule has 0 fully saturated rings. The molecule has 1 atom stereocenters. The molecule has 0 saturated carbocycles. The SMILES string of the molecule is Cc1nnc(COc2ccc(C3=NNC(=O)CC3CO)cc2)o1. The van der Waals surface area contributed by atoms with E-state index in [0.29, 0.717) is 23.2 Å². The number of hydrogen-bond donors (Lipinski definition) is 2. The fourth-order valence-corrected chi connectivity index (χ4v) is 2.29. The quantitative estimate of drug-likeness (QED) is 0.844. The summed E-state index contributed by atoms with van der Waals surface area (Å²) in [5, 5.41) is 21.0. The minimum Gasteiger partial charge on any atom is -0.484 e. The smallest absolute Gasteiger partial charge is 0.253 e. The molecule has 1 amide bonds. The number of benzene rings is 1. The number of hydrazone groups is 1. The molecule has 23 heavy (non-hydrogen) atoms. The summed E-state index contributed by atoms with van der Waals surface area (Å²) in [6.07, 6.45) is 0.226. The van der Waals surface area contributed by atoms with Crippen LogP contribution < -0.4 is 10.2 Å². The number of hydrogen-bond acceptors (Lipinski definition) is 7. The average molecular weight is 316 g/mol. The Balaban J connectivity index is 1.68. The fourth-order valence-electron chi connectivity index (χ4n) is 2.29. The molecule has 2 heterocycles. The summed E-state index contributed by atoms with van der Waals surface area (Å²) >= 11 is 0. The van der Waals surface area contributed by atoms with E-state index in [9.17, 15) is 9.90 Å².